The Hall–Kier alpha value is -2.57. The number of nitrogens with zero attached hydrogens (tertiary/aromatic N) is 2. The molecule has 0 atom stereocenters. The molecule has 0 aliphatic heterocycles. The zero-order valence-corrected chi connectivity index (χ0v) is 9.64. The highest BCUT2D eigenvalue weighted by molar-refractivity contribution is 5.53. The van der Waals surface area contributed by atoms with Gasteiger partial charge in [0.25, 0.3) is 0 Å². The average Bonchev–Trinajstić information content (AvgIpc) is 2.38. The van der Waals surface area contributed by atoms with Gasteiger partial charge in [0.1, 0.15) is 5.82 Å². The minimum atomic E-state index is -1.20. The lowest BCUT2D eigenvalue weighted by atomic mass is 10.2. The summed E-state index contributed by atoms with van der Waals surface area (Å²) in [5.74, 6) is -2.08. The molecule has 0 unspecified atom stereocenters. The molecule has 0 saturated heterocycles. The maximum Gasteiger partial charge on any atom is 0.307 e. The molecule has 0 bridgehead atoms. The molecule has 0 amide bonds. The van der Waals surface area contributed by atoms with E-state index < -0.39 is 22.2 Å². The molecule has 2 rings (SSSR count). The summed E-state index contributed by atoms with van der Waals surface area (Å²) < 4.78 is 26.6. The number of rotatable bonds is 4. The van der Waals surface area contributed by atoms with Gasteiger partial charge in [-0.1, -0.05) is 6.07 Å². The third-order valence-corrected chi connectivity index (χ3v) is 2.44. The molecule has 0 fully saturated rings. The van der Waals surface area contributed by atoms with Crippen molar-refractivity contribution in [3.8, 4) is 0 Å². The van der Waals surface area contributed by atoms with Crippen molar-refractivity contribution in [1.82, 2.24) is 4.98 Å². The Morgan fingerprint density at radius 2 is 2.11 bits per heavy atom. The highest BCUT2D eigenvalue weighted by Gasteiger charge is 2.18. The van der Waals surface area contributed by atoms with E-state index in [-0.39, 0.29) is 12.2 Å². The number of aromatic nitrogens is 1. The number of nitrogens with one attached hydrogen (secondary N) is 1. The standard InChI is InChI=1S/C12H9F2N3O2/c13-9-4-10(14)12(17(18)19)5-11(9)16-7-8-2-1-3-15-6-8/h1-6,16H,7H2. The van der Waals surface area contributed by atoms with E-state index in [0.29, 0.717) is 6.07 Å². The van der Waals surface area contributed by atoms with E-state index in [0.717, 1.165) is 11.6 Å². The molecule has 98 valence electrons. The van der Waals surface area contributed by atoms with Crippen molar-refractivity contribution >= 4 is 11.4 Å². The highest BCUT2D eigenvalue weighted by Crippen LogP contribution is 2.25. The van der Waals surface area contributed by atoms with Crippen LogP contribution >= 0.6 is 0 Å². The van der Waals surface area contributed by atoms with Crippen LogP contribution in [0.4, 0.5) is 20.2 Å². The zero-order chi connectivity index (χ0) is 13.8. The van der Waals surface area contributed by atoms with Crippen LogP contribution in [0.25, 0.3) is 0 Å². The van der Waals surface area contributed by atoms with Crippen LogP contribution in [0.1, 0.15) is 5.56 Å². The summed E-state index contributed by atoms with van der Waals surface area (Å²) in [5.41, 5.74) is -0.124. The first-order valence-corrected chi connectivity index (χ1v) is 5.34. The molecule has 0 saturated carbocycles. The maximum atomic E-state index is 13.5. The molecule has 7 heteroatoms. The fourth-order valence-electron chi connectivity index (χ4n) is 1.51. The quantitative estimate of drug-likeness (QED) is 0.681. The van der Waals surface area contributed by atoms with Gasteiger partial charge in [0.15, 0.2) is 0 Å². The molecule has 5 nitrogen and oxygen atoms in total. The van der Waals surface area contributed by atoms with Crippen LogP contribution in [-0.4, -0.2) is 9.91 Å². The second-order valence-electron chi connectivity index (χ2n) is 3.76. The molecule has 0 aliphatic carbocycles. The van der Waals surface area contributed by atoms with Gasteiger partial charge in [0.2, 0.25) is 5.82 Å². The van der Waals surface area contributed by atoms with Gasteiger partial charge in [0.05, 0.1) is 10.6 Å². The van der Waals surface area contributed by atoms with Gasteiger partial charge in [-0.05, 0) is 11.6 Å². The van der Waals surface area contributed by atoms with Crippen molar-refractivity contribution in [2.75, 3.05) is 5.32 Å². The number of nitro groups is 1. The first kappa shape index (κ1) is 12.9. The molecular formula is C12H9F2N3O2. The third kappa shape index (κ3) is 3.01. The number of nitro benzene ring substituents is 1. The second kappa shape index (κ2) is 5.38. The SMILES string of the molecule is O=[N+]([O-])c1cc(NCc2cccnc2)c(F)cc1F. The van der Waals surface area contributed by atoms with Crippen LogP contribution in [0.15, 0.2) is 36.7 Å². The van der Waals surface area contributed by atoms with Crippen molar-refractivity contribution in [3.63, 3.8) is 0 Å². The van der Waals surface area contributed by atoms with Gasteiger partial charge in [-0.15, -0.1) is 0 Å². The predicted octanol–water partition coefficient (Wildman–Crippen LogP) is 2.88. The van der Waals surface area contributed by atoms with Crippen LogP contribution in [0, 0.1) is 21.7 Å². The number of hydrogen-bond acceptors (Lipinski definition) is 4. The molecule has 0 radical (unpaired) electrons. The summed E-state index contributed by atoms with van der Waals surface area (Å²) in [7, 11) is 0. The van der Waals surface area contributed by atoms with Gasteiger partial charge in [-0.25, -0.2) is 4.39 Å². The van der Waals surface area contributed by atoms with E-state index in [1.54, 1.807) is 24.5 Å². The lowest BCUT2D eigenvalue weighted by Gasteiger charge is -2.07. The average molecular weight is 265 g/mol. The smallest absolute Gasteiger partial charge is 0.307 e. The zero-order valence-electron chi connectivity index (χ0n) is 9.64. The van der Waals surface area contributed by atoms with Gasteiger partial charge < -0.3 is 5.32 Å². The fraction of sp³-hybridized carbons (Fsp3) is 0.0833. The Labute approximate surface area is 107 Å². The van der Waals surface area contributed by atoms with Crippen molar-refractivity contribution < 1.29 is 13.7 Å². The Bertz CT molecular complexity index is 605. The topological polar surface area (TPSA) is 68.1 Å². The van der Waals surface area contributed by atoms with E-state index in [9.17, 15) is 18.9 Å². The fourth-order valence-corrected chi connectivity index (χ4v) is 1.51. The van der Waals surface area contributed by atoms with E-state index >= 15 is 0 Å². The number of benzene rings is 1. The van der Waals surface area contributed by atoms with E-state index in [4.69, 9.17) is 0 Å². The number of pyridine rings is 1. The Balaban J connectivity index is 2.21. The predicted molar refractivity (Wildman–Crippen MR) is 64.6 cm³/mol. The lowest BCUT2D eigenvalue weighted by Crippen LogP contribution is -2.04. The highest BCUT2D eigenvalue weighted by atomic mass is 19.1. The van der Waals surface area contributed by atoms with Crippen molar-refractivity contribution in [2.24, 2.45) is 0 Å². The molecule has 1 heterocycles. The summed E-state index contributed by atoms with van der Waals surface area (Å²) in [4.78, 5) is 13.5. The van der Waals surface area contributed by atoms with Crippen LogP contribution in [-0.2, 0) is 6.54 Å². The third-order valence-electron chi connectivity index (χ3n) is 2.44. The summed E-state index contributed by atoms with van der Waals surface area (Å²) >= 11 is 0. The molecule has 19 heavy (non-hydrogen) atoms. The first-order valence-electron chi connectivity index (χ1n) is 5.34. The maximum absolute atomic E-state index is 13.5. The Kier molecular flexibility index (Phi) is 3.65. The Morgan fingerprint density at radius 1 is 1.32 bits per heavy atom. The molecule has 0 spiro atoms. The van der Waals surface area contributed by atoms with E-state index in [1.807, 2.05) is 0 Å². The summed E-state index contributed by atoms with van der Waals surface area (Å²) in [6.07, 6.45) is 3.16. The van der Waals surface area contributed by atoms with Gasteiger partial charge in [-0.3, -0.25) is 15.1 Å². The Morgan fingerprint density at radius 3 is 2.74 bits per heavy atom. The molecule has 1 N–H and O–H groups in total. The van der Waals surface area contributed by atoms with Crippen LogP contribution in [0.2, 0.25) is 0 Å². The van der Waals surface area contributed by atoms with Crippen molar-refractivity contribution in [1.29, 1.82) is 0 Å². The van der Waals surface area contributed by atoms with Crippen LogP contribution in [0.3, 0.4) is 0 Å². The molecule has 0 aliphatic rings. The normalized spacial score (nSPS) is 10.2. The van der Waals surface area contributed by atoms with Crippen LogP contribution < -0.4 is 5.32 Å². The largest absolute Gasteiger partial charge is 0.378 e. The number of anilines is 1. The molecular weight excluding hydrogens is 256 g/mol. The minimum Gasteiger partial charge on any atom is -0.378 e. The minimum absolute atomic E-state index is 0.128. The van der Waals surface area contributed by atoms with E-state index in [2.05, 4.69) is 10.3 Å². The van der Waals surface area contributed by atoms with Gasteiger partial charge >= 0.3 is 5.69 Å². The first-order chi connectivity index (χ1) is 9.08. The second-order valence-corrected chi connectivity index (χ2v) is 3.76. The van der Waals surface area contributed by atoms with E-state index in [1.165, 1.54) is 0 Å². The van der Waals surface area contributed by atoms with Crippen LogP contribution in [0.5, 0.6) is 0 Å². The lowest BCUT2D eigenvalue weighted by molar-refractivity contribution is -0.387. The molecule has 2 aromatic rings. The number of halogens is 2. The van der Waals surface area contributed by atoms with Crippen molar-refractivity contribution in [3.05, 3.63) is 64.0 Å². The van der Waals surface area contributed by atoms with Crippen molar-refractivity contribution in [2.45, 2.75) is 6.54 Å². The number of hydrogen-bond donors (Lipinski definition) is 1. The molecule has 1 aromatic heterocycles. The summed E-state index contributed by atoms with van der Waals surface area (Å²) in [6, 6.07) is 4.79. The summed E-state index contributed by atoms with van der Waals surface area (Å²) in [5, 5.41) is 13.2. The van der Waals surface area contributed by atoms with Gasteiger partial charge in [0, 0.05) is 31.1 Å². The summed E-state index contributed by atoms with van der Waals surface area (Å²) in [6.45, 7) is 0.230. The molecule has 1 aromatic carbocycles. The van der Waals surface area contributed by atoms with Gasteiger partial charge in [-0.2, -0.15) is 4.39 Å². The monoisotopic (exact) mass is 265 g/mol.